The topological polar surface area (TPSA) is 60.4 Å². The van der Waals surface area contributed by atoms with Gasteiger partial charge in [0.05, 0.1) is 0 Å². The lowest BCUT2D eigenvalue weighted by Gasteiger charge is -2.37. The molecule has 0 aromatic heterocycles. The summed E-state index contributed by atoms with van der Waals surface area (Å²) in [6, 6.07) is 0. The zero-order valence-electron chi connectivity index (χ0n) is 20.7. The monoisotopic (exact) mass is 551 g/mol. The third-order valence-corrected chi connectivity index (χ3v) is 6.24. The van der Waals surface area contributed by atoms with E-state index in [1.807, 2.05) is 39.6 Å². The normalized spacial score (nSPS) is 21.4. The highest BCUT2D eigenvalue weighted by Gasteiger charge is 2.27. The summed E-state index contributed by atoms with van der Waals surface area (Å²) in [5, 5.41) is 3.63. The van der Waals surface area contributed by atoms with E-state index in [4.69, 9.17) is 4.74 Å². The fourth-order valence-electron chi connectivity index (χ4n) is 4.47. The highest BCUT2D eigenvalue weighted by atomic mass is 127. The van der Waals surface area contributed by atoms with Crippen LogP contribution in [0.5, 0.6) is 0 Å². The Morgan fingerprint density at radius 3 is 2.35 bits per heavy atom. The molecular weight excluding hydrogens is 505 g/mol. The number of rotatable bonds is 6. The summed E-state index contributed by atoms with van der Waals surface area (Å²) in [5.74, 6) is 2.25. The Kier molecular flexibility index (Phi) is 12.5. The molecule has 0 spiro atoms. The molecule has 0 aliphatic carbocycles. The lowest BCUT2D eigenvalue weighted by molar-refractivity contribution is 0.0214. The number of hydrogen-bond donors (Lipinski definition) is 1. The first-order valence-electron chi connectivity index (χ1n) is 11.9. The molecule has 7 nitrogen and oxygen atoms in total. The van der Waals surface area contributed by atoms with Gasteiger partial charge in [-0.15, -0.1) is 24.0 Å². The third-order valence-electron chi connectivity index (χ3n) is 6.24. The molecule has 182 valence electrons. The van der Waals surface area contributed by atoms with Crippen molar-refractivity contribution in [2.45, 2.75) is 65.9 Å². The Labute approximate surface area is 207 Å². The number of nitrogens with one attached hydrogen (secondary N) is 1. The first kappa shape index (κ1) is 28.3. The quantitative estimate of drug-likeness (QED) is 0.309. The summed E-state index contributed by atoms with van der Waals surface area (Å²) in [6.07, 6.45) is 4.56. The molecule has 1 unspecified atom stereocenters. The van der Waals surface area contributed by atoms with Crippen molar-refractivity contribution in [3.63, 3.8) is 0 Å². The number of aliphatic imine (C=N–C) groups is 1. The second-order valence-corrected chi connectivity index (χ2v) is 9.78. The van der Waals surface area contributed by atoms with E-state index in [0.717, 1.165) is 51.5 Å². The second-order valence-electron chi connectivity index (χ2n) is 9.78. The van der Waals surface area contributed by atoms with Crippen molar-refractivity contribution in [1.82, 2.24) is 20.0 Å². The van der Waals surface area contributed by atoms with E-state index in [1.165, 1.54) is 25.9 Å². The largest absolute Gasteiger partial charge is 0.444 e. The number of guanidine groups is 1. The molecular formula is C23H46IN5O2. The van der Waals surface area contributed by atoms with Gasteiger partial charge in [0.25, 0.3) is 0 Å². The van der Waals surface area contributed by atoms with Gasteiger partial charge in [0.1, 0.15) is 5.60 Å². The van der Waals surface area contributed by atoms with Gasteiger partial charge in [-0.3, -0.25) is 4.99 Å². The van der Waals surface area contributed by atoms with Crippen LogP contribution in [0, 0.1) is 11.8 Å². The van der Waals surface area contributed by atoms with Gasteiger partial charge in [-0.2, -0.15) is 0 Å². The molecule has 0 radical (unpaired) electrons. The molecule has 8 heteroatoms. The fraction of sp³-hybridized carbons (Fsp3) is 0.913. The number of halogens is 1. The van der Waals surface area contributed by atoms with Crippen LogP contribution in [0.25, 0.3) is 0 Å². The summed E-state index contributed by atoms with van der Waals surface area (Å²) < 4.78 is 5.56. The van der Waals surface area contributed by atoms with Crippen LogP contribution in [-0.4, -0.2) is 91.8 Å². The van der Waals surface area contributed by atoms with Crippen molar-refractivity contribution in [2.75, 3.05) is 59.4 Å². The molecule has 2 aliphatic heterocycles. The van der Waals surface area contributed by atoms with Crippen LogP contribution in [0.1, 0.15) is 60.3 Å². The molecule has 0 saturated carbocycles. The van der Waals surface area contributed by atoms with Gasteiger partial charge in [-0.25, -0.2) is 4.79 Å². The molecule has 2 fully saturated rings. The molecule has 2 rings (SSSR count). The number of carbonyl (C=O) groups is 1. The lowest BCUT2D eigenvalue weighted by atomic mass is 9.96. The summed E-state index contributed by atoms with van der Waals surface area (Å²) in [6.45, 7) is 18.1. The van der Waals surface area contributed by atoms with Gasteiger partial charge in [0, 0.05) is 46.3 Å². The van der Waals surface area contributed by atoms with Crippen LogP contribution in [0.3, 0.4) is 0 Å². The number of likely N-dealkylation sites (tertiary alicyclic amines) is 2. The van der Waals surface area contributed by atoms with Crippen molar-refractivity contribution in [1.29, 1.82) is 0 Å². The summed E-state index contributed by atoms with van der Waals surface area (Å²) in [5.41, 5.74) is -0.446. The van der Waals surface area contributed by atoms with Crippen LogP contribution >= 0.6 is 24.0 Å². The number of piperidine rings is 2. The SMILES string of the molecule is CCN1CCCC(CNC(=NC)N2CCC(CN(CC)C(=O)OC(C)(C)C)CC2)C1.I. The molecule has 2 saturated heterocycles. The predicted octanol–water partition coefficient (Wildman–Crippen LogP) is 3.88. The fourth-order valence-corrected chi connectivity index (χ4v) is 4.47. The molecule has 0 aromatic rings. The van der Waals surface area contributed by atoms with Crippen molar-refractivity contribution in [2.24, 2.45) is 16.8 Å². The second kappa shape index (κ2) is 13.7. The minimum Gasteiger partial charge on any atom is -0.444 e. The highest BCUT2D eigenvalue weighted by molar-refractivity contribution is 14.0. The molecule has 1 N–H and O–H groups in total. The van der Waals surface area contributed by atoms with Gasteiger partial charge < -0.3 is 24.8 Å². The minimum atomic E-state index is -0.446. The molecule has 0 bridgehead atoms. The summed E-state index contributed by atoms with van der Waals surface area (Å²) in [7, 11) is 1.88. The Bertz CT molecular complexity index is 559. The number of ether oxygens (including phenoxy) is 1. The third kappa shape index (κ3) is 9.72. The zero-order valence-corrected chi connectivity index (χ0v) is 23.0. The molecule has 1 amide bonds. The average molecular weight is 552 g/mol. The number of carbonyl (C=O) groups excluding carboxylic acids is 1. The van der Waals surface area contributed by atoms with Crippen molar-refractivity contribution >= 4 is 36.0 Å². The molecule has 2 heterocycles. The molecule has 2 aliphatic rings. The van der Waals surface area contributed by atoms with Crippen molar-refractivity contribution in [3.05, 3.63) is 0 Å². The van der Waals surface area contributed by atoms with Crippen LogP contribution < -0.4 is 5.32 Å². The first-order chi connectivity index (χ1) is 14.3. The van der Waals surface area contributed by atoms with Crippen molar-refractivity contribution < 1.29 is 9.53 Å². The Balaban J connectivity index is 0.00000480. The zero-order chi connectivity index (χ0) is 22.1. The molecule has 0 aromatic carbocycles. The minimum absolute atomic E-state index is 0. The van der Waals surface area contributed by atoms with E-state index < -0.39 is 5.60 Å². The number of amides is 1. The average Bonchev–Trinajstić information content (AvgIpc) is 2.72. The predicted molar refractivity (Wildman–Crippen MR) is 139 cm³/mol. The first-order valence-corrected chi connectivity index (χ1v) is 11.9. The van der Waals surface area contributed by atoms with E-state index in [0.29, 0.717) is 18.4 Å². The number of nitrogens with zero attached hydrogens (tertiary/aromatic N) is 4. The Morgan fingerprint density at radius 1 is 1.13 bits per heavy atom. The standard InChI is InChI=1S/C23H45N5O2.HI/c1-7-26-13-9-10-20(17-26)16-25-21(24-6)28-14-11-19(12-15-28)18-27(8-2)22(29)30-23(3,4)5;/h19-20H,7-18H2,1-6H3,(H,24,25);1H. The maximum absolute atomic E-state index is 12.4. The van der Waals surface area contributed by atoms with Crippen LogP contribution in [-0.2, 0) is 4.74 Å². The van der Waals surface area contributed by atoms with Gasteiger partial charge in [-0.05, 0) is 78.3 Å². The van der Waals surface area contributed by atoms with E-state index >= 15 is 0 Å². The van der Waals surface area contributed by atoms with E-state index in [1.54, 1.807) is 0 Å². The van der Waals surface area contributed by atoms with Crippen LogP contribution in [0.15, 0.2) is 4.99 Å². The maximum Gasteiger partial charge on any atom is 0.410 e. The molecule has 1 atom stereocenters. The Hall–Kier alpha value is -0.770. The van der Waals surface area contributed by atoms with Gasteiger partial charge >= 0.3 is 6.09 Å². The van der Waals surface area contributed by atoms with E-state index in [-0.39, 0.29) is 30.1 Å². The van der Waals surface area contributed by atoms with E-state index in [9.17, 15) is 4.79 Å². The van der Waals surface area contributed by atoms with Gasteiger partial charge in [0.2, 0.25) is 0 Å². The smallest absolute Gasteiger partial charge is 0.410 e. The van der Waals surface area contributed by atoms with Crippen LogP contribution in [0.4, 0.5) is 4.79 Å². The maximum atomic E-state index is 12.4. The molecule has 31 heavy (non-hydrogen) atoms. The van der Waals surface area contributed by atoms with Gasteiger partial charge in [-0.1, -0.05) is 6.92 Å². The number of hydrogen-bond acceptors (Lipinski definition) is 4. The highest BCUT2D eigenvalue weighted by Crippen LogP contribution is 2.20. The summed E-state index contributed by atoms with van der Waals surface area (Å²) >= 11 is 0. The Morgan fingerprint density at radius 2 is 1.81 bits per heavy atom. The summed E-state index contributed by atoms with van der Waals surface area (Å²) in [4.78, 5) is 23.7. The van der Waals surface area contributed by atoms with E-state index in [2.05, 4.69) is 27.0 Å². The van der Waals surface area contributed by atoms with Crippen molar-refractivity contribution in [3.8, 4) is 0 Å². The van der Waals surface area contributed by atoms with Crippen LogP contribution in [0.2, 0.25) is 0 Å². The lowest BCUT2D eigenvalue weighted by Crippen LogP contribution is -2.49. The van der Waals surface area contributed by atoms with Gasteiger partial charge in [0.15, 0.2) is 5.96 Å².